The lowest BCUT2D eigenvalue weighted by atomic mass is 9.75. The Balaban J connectivity index is 0.000000184. The van der Waals surface area contributed by atoms with Gasteiger partial charge in [-0.3, -0.25) is 0 Å². The molecule has 0 saturated carbocycles. The number of hydrogen-bond acceptors (Lipinski definition) is 0. The molecule has 0 aliphatic carbocycles. The molecular formula is C82H94. The number of rotatable bonds is 12. The first-order chi connectivity index (χ1) is 39.0. The quantitative estimate of drug-likeness (QED) is 0.107. The summed E-state index contributed by atoms with van der Waals surface area (Å²) in [5.41, 5.74) is 20.3. The normalized spacial score (nSPS) is 12.5. The van der Waals surface area contributed by atoms with Crippen LogP contribution in [0, 0.1) is 0 Å². The van der Waals surface area contributed by atoms with Gasteiger partial charge in [0.05, 0.1) is 0 Å². The van der Waals surface area contributed by atoms with Crippen LogP contribution in [-0.2, 0) is 0 Å². The van der Waals surface area contributed by atoms with Crippen LogP contribution in [0.4, 0.5) is 0 Å². The minimum atomic E-state index is 0.418. The molecule has 0 aromatic heterocycles. The van der Waals surface area contributed by atoms with Gasteiger partial charge in [0.1, 0.15) is 0 Å². The van der Waals surface area contributed by atoms with Crippen molar-refractivity contribution in [3.8, 4) is 22.3 Å². The van der Waals surface area contributed by atoms with Gasteiger partial charge in [0.15, 0.2) is 0 Å². The summed E-state index contributed by atoms with van der Waals surface area (Å²) in [5, 5.41) is 19.8. The molecule has 0 N–H and O–H groups in total. The third-order valence-corrected chi connectivity index (χ3v) is 18.3. The fraction of sp³-hybridized carbons (Fsp3) is 0.366. The topological polar surface area (TPSA) is 0 Å². The van der Waals surface area contributed by atoms with Gasteiger partial charge in [-0.05, 0) is 231 Å². The molecule has 11 aromatic carbocycles. The van der Waals surface area contributed by atoms with Crippen LogP contribution in [0.25, 0.3) is 97.7 Å². The second kappa shape index (κ2) is 23.1. The highest BCUT2D eigenvalue weighted by Gasteiger charge is 2.29. The fourth-order valence-electron chi connectivity index (χ4n) is 14.5. The number of fused-ring (bicyclic) bond motifs is 14. The highest BCUT2D eigenvalue weighted by Crippen LogP contribution is 2.52. The lowest BCUT2D eigenvalue weighted by molar-refractivity contribution is 0.755. The van der Waals surface area contributed by atoms with Crippen molar-refractivity contribution < 1.29 is 0 Å². The maximum absolute atomic E-state index is 2.60. The summed E-state index contributed by atoms with van der Waals surface area (Å²) in [6, 6.07) is 55.9. The van der Waals surface area contributed by atoms with Gasteiger partial charge in [-0.1, -0.05) is 266 Å². The first-order valence-corrected chi connectivity index (χ1v) is 31.6. The smallest absolute Gasteiger partial charge is 0.00137 e. The van der Waals surface area contributed by atoms with Crippen molar-refractivity contribution in [1.29, 1.82) is 0 Å². The highest BCUT2D eigenvalue weighted by molar-refractivity contribution is 6.40. The second-order valence-corrected chi connectivity index (χ2v) is 27.4. The van der Waals surface area contributed by atoms with Crippen LogP contribution in [0.1, 0.15) is 253 Å². The molecule has 0 heteroatoms. The Labute approximate surface area is 493 Å². The van der Waals surface area contributed by atoms with Crippen molar-refractivity contribution in [3.05, 3.63) is 201 Å². The minimum Gasteiger partial charge on any atom is -0.0622 e. The molecule has 0 atom stereocenters. The Morgan fingerprint density at radius 2 is 0.585 bits per heavy atom. The van der Waals surface area contributed by atoms with Crippen molar-refractivity contribution in [3.63, 3.8) is 0 Å². The molecule has 0 saturated heterocycles. The Morgan fingerprint density at radius 3 is 1.04 bits per heavy atom. The summed E-state index contributed by atoms with van der Waals surface area (Å²) < 4.78 is 0. The maximum Gasteiger partial charge on any atom is -0.00137 e. The van der Waals surface area contributed by atoms with E-state index in [1.165, 1.54) is 131 Å². The van der Waals surface area contributed by atoms with Gasteiger partial charge >= 0.3 is 0 Å². The van der Waals surface area contributed by atoms with Gasteiger partial charge in [0, 0.05) is 0 Å². The predicted molar refractivity (Wildman–Crippen MR) is 367 cm³/mol. The molecule has 422 valence electrons. The van der Waals surface area contributed by atoms with Gasteiger partial charge in [0.25, 0.3) is 0 Å². The van der Waals surface area contributed by atoms with Gasteiger partial charge in [-0.25, -0.2) is 0 Å². The van der Waals surface area contributed by atoms with E-state index in [1.54, 1.807) is 22.3 Å². The largest absolute Gasteiger partial charge is 0.0622 e. The molecule has 11 aromatic rings. The zero-order chi connectivity index (χ0) is 58.9. The Kier molecular flexibility index (Phi) is 16.5. The summed E-state index contributed by atoms with van der Waals surface area (Å²) in [6.45, 7) is 47.5. The third kappa shape index (κ3) is 10.1. The van der Waals surface area contributed by atoms with Gasteiger partial charge < -0.3 is 0 Å². The monoisotopic (exact) mass is 1080 g/mol. The summed E-state index contributed by atoms with van der Waals surface area (Å²) in [7, 11) is 0. The summed E-state index contributed by atoms with van der Waals surface area (Å²) in [5.74, 6) is 4.49. The zero-order valence-electron chi connectivity index (χ0n) is 53.6. The summed E-state index contributed by atoms with van der Waals surface area (Å²) in [4.78, 5) is 0. The summed E-state index contributed by atoms with van der Waals surface area (Å²) in [6.07, 6.45) is 0. The average molecular weight is 1080 g/mol. The summed E-state index contributed by atoms with van der Waals surface area (Å²) >= 11 is 0. The lowest BCUT2D eigenvalue weighted by Gasteiger charge is -2.29. The van der Waals surface area contributed by atoms with Crippen molar-refractivity contribution in [2.75, 3.05) is 0 Å². The lowest BCUT2D eigenvalue weighted by Crippen LogP contribution is -2.08. The molecule has 0 spiro atoms. The van der Waals surface area contributed by atoms with Crippen LogP contribution in [-0.4, -0.2) is 0 Å². The molecule has 0 aliphatic heterocycles. The Hall–Kier alpha value is -6.76. The molecule has 0 aliphatic rings. The Bertz CT molecular complexity index is 4200. The first-order valence-electron chi connectivity index (χ1n) is 31.6. The van der Waals surface area contributed by atoms with E-state index in [-0.39, 0.29) is 0 Å². The van der Waals surface area contributed by atoms with Crippen molar-refractivity contribution in [2.24, 2.45) is 0 Å². The van der Waals surface area contributed by atoms with Gasteiger partial charge in [0.2, 0.25) is 0 Å². The number of hydrogen-bond donors (Lipinski definition) is 0. The molecule has 0 heterocycles. The van der Waals surface area contributed by atoms with E-state index in [0.29, 0.717) is 59.2 Å². The van der Waals surface area contributed by atoms with E-state index < -0.39 is 0 Å². The SMILES string of the molecule is CC(C)c1cc(C(C)C)c2c(c1)c1c3ccccc3c3ccccc3c1c1cc(C(C)C)c(C(C)C)c(C(C)C)c12.CC(C)c1cc(C(C)C)c2c(c1)cc(-c1ccccc1-c1ccccc1)c1cc(C(C)C)c(C(C)C)c(C(C)C)c12. The molecule has 0 nitrogen and oxygen atoms in total. The van der Waals surface area contributed by atoms with Crippen LogP contribution in [0.2, 0.25) is 0 Å². The first kappa shape index (κ1) is 58.4. The molecular weight excluding hydrogens is 985 g/mol. The predicted octanol–water partition coefficient (Wildman–Crippen LogP) is 26.0. The molecule has 11 rings (SSSR count). The minimum absolute atomic E-state index is 0.418. The van der Waals surface area contributed by atoms with E-state index in [1.807, 2.05) is 0 Å². The molecule has 0 bridgehead atoms. The molecule has 0 radical (unpaired) electrons. The molecule has 0 amide bonds. The molecule has 0 fully saturated rings. The average Bonchev–Trinajstić information content (AvgIpc) is 0.924. The van der Waals surface area contributed by atoms with Crippen LogP contribution in [0.3, 0.4) is 0 Å². The molecule has 0 unspecified atom stereocenters. The zero-order valence-corrected chi connectivity index (χ0v) is 53.6. The number of benzene rings is 11. The Morgan fingerprint density at radius 1 is 0.207 bits per heavy atom. The van der Waals surface area contributed by atoms with E-state index in [9.17, 15) is 0 Å². The van der Waals surface area contributed by atoms with E-state index in [4.69, 9.17) is 0 Å². The fourth-order valence-corrected chi connectivity index (χ4v) is 14.5. The van der Waals surface area contributed by atoms with E-state index in [0.717, 1.165) is 0 Å². The van der Waals surface area contributed by atoms with Crippen LogP contribution in [0.15, 0.2) is 146 Å². The van der Waals surface area contributed by atoms with Crippen LogP contribution < -0.4 is 0 Å². The second-order valence-electron chi connectivity index (χ2n) is 27.4. The van der Waals surface area contributed by atoms with Crippen molar-refractivity contribution in [2.45, 2.75) is 198 Å². The highest BCUT2D eigenvalue weighted by atomic mass is 14.3. The van der Waals surface area contributed by atoms with Gasteiger partial charge in [-0.2, -0.15) is 0 Å². The maximum atomic E-state index is 2.60. The van der Waals surface area contributed by atoms with Crippen LogP contribution in [0.5, 0.6) is 0 Å². The third-order valence-electron chi connectivity index (χ3n) is 18.3. The molecule has 82 heavy (non-hydrogen) atoms. The van der Waals surface area contributed by atoms with E-state index >= 15 is 0 Å². The van der Waals surface area contributed by atoms with Gasteiger partial charge in [-0.15, -0.1) is 0 Å². The standard InChI is InChI=1S/C41H46.C41H48/c1-22(2)27-19-32(23(3)4)40-34(20-27)38-30-17-13-11-15-28(30)29-16-12-14-18-31(29)39(38)35-21-33(24(5)6)36(25(7)8)37(26(9)10)41(35)40;1-24(2)30-20-31-22-36(33-19-15-14-18-32(33)29-16-12-11-13-17-29)37-23-35(26(5)6)38(27(7)8)39(28(9)10)41(37)40(31)34(21-30)25(3)4/h11-26H,1-10H3;11-28H,1-10H3. The van der Waals surface area contributed by atoms with Crippen LogP contribution >= 0.6 is 0 Å². The van der Waals surface area contributed by atoms with E-state index in [2.05, 4.69) is 284 Å². The van der Waals surface area contributed by atoms with Crippen molar-refractivity contribution in [1.82, 2.24) is 0 Å². The van der Waals surface area contributed by atoms with Crippen molar-refractivity contribution >= 4 is 75.4 Å².